The van der Waals surface area contributed by atoms with Crippen LogP contribution in [0.15, 0.2) is 24.3 Å². The highest BCUT2D eigenvalue weighted by atomic mass is 35.5. The van der Waals surface area contributed by atoms with Gasteiger partial charge in [0, 0.05) is 5.56 Å². The minimum absolute atomic E-state index is 0.511. The van der Waals surface area contributed by atoms with Crippen molar-refractivity contribution in [3.8, 4) is 5.75 Å². The molecule has 0 aromatic heterocycles. The zero-order valence-electron chi connectivity index (χ0n) is 8.79. The van der Waals surface area contributed by atoms with Crippen LogP contribution in [0.1, 0.15) is 25.8 Å². The topological polar surface area (TPSA) is 9.23 Å². The summed E-state index contributed by atoms with van der Waals surface area (Å²) < 4.78 is 5.70. The summed E-state index contributed by atoms with van der Waals surface area (Å²) in [5.74, 6) is 2.03. The van der Waals surface area contributed by atoms with E-state index >= 15 is 0 Å². The van der Waals surface area contributed by atoms with Crippen LogP contribution in [0, 0.1) is 5.92 Å². The van der Waals surface area contributed by atoms with E-state index in [4.69, 9.17) is 16.3 Å². The first-order valence-corrected chi connectivity index (χ1v) is 5.58. The molecular weight excluding hydrogens is 196 g/mol. The molecule has 0 N–H and O–H groups in total. The van der Waals surface area contributed by atoms with Crippen LogP contribution in [-0.2, 0) is 5.88 Å². The van der Waals surface area contributed by atoms with Crippen LogP contribution in [0.2, 0.25) is 0 Å². The Balaban J connectivity index is 2.57. The summed E-state index contributed by atoms with van der Waals surface area (Å²) in [4.78, 5) is 0. The fourth-order valence-electron chi connectivity index (χ4n) is 1.10. The van der Waals surface area contributed by atoms with Gasteiger partial charge >= 0.3 is 0 Å². The van der Waals surface area contributed by atoms with Crippen LogP contribution in [0.3, 0.4) is 0 Å². The van der Waals surface area contributed by atoms with Gasteiger partial charge in [-0.3, -0.25) is 0 Å². The lowest BCUT2D eigenvalue weighted by Gasteiger charge is -2.13. The molecule has 2 heteroatoms. The van der Waals surface area contributed by atoms with Gasteiger partial charge in [0.15, 0.2) is 0 Å². The second-order valence-corrected chi connectivity index (χ2v) is 3.83. The zero-order chi connectivity index (χ0) is 10.4. The Kier molecular flexibility index (Phi) is 4.81. The number of benzene rings is 1. The number of ether oxygens (including phenoxy) is 1. The molecule has 1 rings (SSSR count). The van der Waals surface area contributed by atoms with Crippen LogP contribution in [0.4, 0.5) is 0 Å². The van der Waals surface area contributed by atoms with E-state index in [2.05, 4.69) is 13.8 Å². The lowest BCUT2D eigenvalue weighted by molar-refractivity contribution is 0.255. The predicted octanol–water partition coefficient (Wildman–Crippen LogP) is 3.85. The van der Waals surface area contributed by atoms with Crippen molar-refractivity contribution in [2.45, 2.75) is 26.1 Å². The Morgan fingerprint density at radius 1 is 1.36 bits per heavy atom. The van der Waals surface area contributed by atoms with Crippen LogP contribution < -0.4 is 4.74 Å². The molecule has 0 saturated carbocycles. The molecule has 0 saturated heterocycles. The van der Waals surface area contributed by atoms with Crippen molar-refractivity contribution >= 4 is 11.6 Å². The molecule has 1 atom stereocenters. The molecule has 0 fully saturated rings. The molecule has 0 aliphatic carbocycles. The Morgan fingerprint density at radius 3 is 2.71 bits per heavy atom. The molecule has 0 aliphatic rings. The fourth-order valence-corrected chi connectivity index (χ4v) is 1.33. The number of rotatable bonds is 5. The highest BCUT2D eigenvalue weighted by Crippen LogP contribution is 2.20. The van der Waals surface area contributed by atoms with Crippen molar-refractivity contribution in [1.82, 2.24) is 0 Å². The van der Waals surface area contributed by atoms with E-state index in [1.807, 2.05) is 24.3 Å². The van der Waals surface area contributed by atoms with Crippen molar-refractivity contribution in [3.63, 3.8) is 0 Å². The second-order valence-electron chi connectivity index (χ2n) is 3.57. The summed E-state index contributed by atoms with van der Waals surface area (Å²) >= 11 is 5.80. The first kappa shape index (κ1) is 11.4. The molecule has 0 amide bonds. The molecule has 1 unspecified atom stereocenters. The van der Waals surface area contributed by atoms with Gasteiger partial charge in [-0.25, -0.2) is 0 Å². The maximum atomic E-state index is 5.80. The van der Waals surface area contributed by atoms with Gasteiger partial charge < -0.3 is 4.74 Å². The molecule has 0 aliphatic heterocycles. The van der Waals surface area contributed by atoms with Crippen LogP contribution in [0.25, 0.3) is 0 Å². The monoisotopic (exact) mass is 212 g/mol. The molecule has 14 heavy (non-hydrogen) atoms. The molecule has 1 aromatic carbocycles. The summed E-state index contributed by atoms with van der Waals surface area (Å²) in [6.07, 6.45) is 1.14. The summed E-state index contributed by atoms with van der Waals surface area (Å²) in [6, 6.07) is 7.93. The molecule has 0 bridgehead atoms. The summed E-state index contributed by atoms with van der Waals surface area (Å²) in [6.45, 7) is 5.12. The Labute approximate surface area is 91.0 Å². The van der Waals surface area contributed by atoms with E-state index < -0.39 is 0 Å². The highest BCUT2D eigenvalue weighted by molar-refractivity contribution is 6.17. The molecular formula is C12H17ClO. The minimum atomic E-state index is 0.511. The molecule has 78 valence electrons. The minimum Gasteiger partial charge on any atom is -0.493 e. The maximum absolute atomic E-state index is 5.80. The average Bonchev–Trinajstić information content (AvgIpc) is 2.26. The Morgan fingerprint density at radius 2 is 2.07 bits per heavy atom. The second kappa shape index (κ2) is 5.92. The average molecular weight is 213 g/mol. The van der Waals surface area contributed by atoms with Crippen LogP contribution in [-0.4, -0.2) is 6.61 Å². The van der Waals surface area contributed by atoms with E-state index in [0.717, 1.165) is 24.3 Å². The van der Waals surface area contributed by atoms with E-state index in [9.17, 15) is 0 Å². The van der Waals surface area contributed by atoms with Gasteiger partial charge in [0.1, 0.15) is 5.75 Å². The van der Waals surface area contributed by atoms with Gasteiger partial charge in [-0.15, -0.1) is 11.6 Å². The fraction of sp³-hybridized carbons (Fsp3) is 0.500. The number of alkyl halides is 1. The molecule has 1 nitrogen and oxygen atoms in total. The smallest absolute Gasteiger partial charge is 0.123 e. The first-order valence-electron chi connectivity index (χ1n) is 5.04. The molecule has 1 aromatic rings. The third-order valence-corrected chi connectivity index (χ3v) is 2.62. The summed E-state index contributed by atoms with van der Waals surface area (Å²) in [5, 5.41) is 0. The highest BCUT2D eigenvalue weighted by Gasteiger charge is 2.03. The Hall–Kier alpha value is -0.690. The van der Waals surface area contributed by atoms with E-state index in [1.54, 1.807) is 0 Å². The summed E-state index contributed by atoms with van der Waals surface area (Å²) in [5.41, 5.74) is 1.07. The zero-order valence-corrected chi connectivity index (χ0v) is 9.55. The Bertz CT molecular complexity index is 273. The quantitative estimate of drug-likeness (QED) is 0.674. The van der Waals surface area contributed by atoms with Crippen LogP contribution in [0.5, 0.6) is 5.75 Å². The van der Waals surface area contributed by atoms with Gasteiger partial charge in [0.2, 0.25) is 0 Å². The lowest BCUT2D eigenvalue weighted by Crippen LogP contribution is -2.08. The first-order chi connectivity index (χ1) is 6.77. The van der Waals surface area contributed by atoms with Crippen molar-refractivity contribution in [1.29, 1.82) is 0 Å². The van der Waals surface area contributed by atoms with Gasteiger partial charge in [0.05, 0.1) is 12.5 Å². The van der Waals surface area contributed by atoms with Gasteiger partial charge in [0.25, 0.3) is 0 Å². The van der Waals surface area contributed by atoms with Crippen molar-refractivity contribution in [2.24, 2.45) is 5.92 Å². The SMILES string of the molecule is CCC(C)COc1ccccc1CCl. The third kappa shape index (κ3) is 3.22. The van der Waals surface area contributed by atoms with Crippen molar-refractivity contribution < 1.29 is 4.74 Å². The maximum Gasteiger partial charge on any atom is 0.123 e. The van der Waals surface area contributed by atoms with Gasteiger partial charge in [-0.1, -0.05) is 38.5 Å². The van der Waals surface area contributed by atoms with E-state index in [0.29, 0.717) is 11.8 Å². The summed E-state index contributed by atoms with van der Waals surface area (Å²) in [7, 11) is 0. The van der Waals surface area contributed by atoms with Crippen LogP contribution >= 0.6 is 11.6 Å². The van der Waals surface area contributed by atoms with E-state index in [-0.39, 0.29) is 0 Å². The largest absolute Gasteiger partial charge is 0.493 e. The number of hydrogen-bond acceptors (Lipinski definition) is 1. The standard InChI is InChI=1S/C12H17ClO/c1-3-10(2)9-14-12-7-5-4-6-11(12)8-13/h4-7,10H,3,8-9H2,1-2H3. The molecule has 0 spiro atoms. The van der Waals surface area contributed by atoms with Gasteiger partial charge in [-0.2, -0.15) is 0 Å². The number of halogens is 1. The number of hydrogen-bond donors (Lipinski definition) is 0. The molecule has 0 heterocycles. The van der Waals surface area contributed by atoms with Crippen molar-refractivity contribution in [2.75, 3.05) is 6.61 Å². The lowest BCUT2D eigenvalue weighted by atomic mass is 10.1. The molecule has 0 radical (unpaired) electrons. The van der Waals surface area contributed by atoms with Gasteiger partial charge in [-0.05, 0) is 12.0 Å². The predicted molar refractivity (Wildman–Crippen MR) is 60.9 cm³/mol. The van der Waals surface area contributed by atoms with Crippen molar-refractivity contribution in [3.05, 3.63) is 29.8 Å². The number of para-hydroxylation sites is 1. The normalized spacial score (nSPS) is 12.5. The van der Waals surface area contributed by atoms with E-state index in [1.165, 1.54) is 0 Å². The third-order valence-electron chi connectivity index (χ3n) is 2.34.